The van der Waals surface area contributed by atoms with Crippen LogP contribution in [-0.2, 0) is 43.6 Å². The Kier molecular flexibility index (Phi) is 35.4. The Morgan fingerprint density at radius 1 is 0.368 bits per heavy atom. The predicted octanol–water partition coefficient (Wildman–Crippen LogP) is 19.5. The quantitative estimate of drug-likeness (QED) is 0.0103. The lowest BCUT2D eigenvalue weighted by Gasteiger charge is -2.18. The summed E-state index contributed by atoms with van der Waals surface area (Å²) in [5, 5.41) is 47.1. The maximum Gasteiger partial charge on any atom is 0.421 e. The molecule has 12 N–H and O–H groups in total. The van der Waals surface area contributed by atoms with Gasteiger partial charge in [-0.05, 0) is 222 Å². The number of benzene rings is 8. The van der Waals surface area contributed by atoms with Gasteiger partial charge in [-0.1, -0.05) is 87.5 Å². The number of carbonyl (C=O) groups is 4. The van der Waals surface area contributed by atoms with E-state index in [2.05, 4.69) is 165 Å². The second-order valence-electron chi connectivity index (χ2n) is 29.5. The number of ether oxygens (including phenoxy) is 4. The lowest BCUT2D eigenvalue weighted by atomic mass is 10.2. The summed E-state index contributed by atoms with van der Waals surface area (Å²) in [4.78, 5) is 80.8. The summed E-state index contributed by atoms with van der Waals surface area (Å²) in [6, 6.07) is 50.5. The van der Waals surface area contributed by atoms with Gasteiger partial charge in [-0.3, -0.25) is 19.2 Å². The average molecular weight is 1990 g/mol. The molecule has 0 saturated heterocycles. The van der Waals surface area contributed by atoms with Crippen LogP contribution in [0.15, 0.2) is 252 Å². The van der Waals surface area contributed by atoms with E-state index in [4.69, 9.17) is 18.9 Å². The highest BCUT2D eigenvalue weighted by atomic mass is 127. The Morgan fingerprint density at radius 3 is 0.940 bits per heavy atom. The summed E-state index contributed by atoms with van der Waals surface area (Å²) in [7, 11) is -4.37. The van der Waals surface area contributed by atoms with E-state index in [-0.39, 0.29) is 46.7 Å². The number of alkyl halides is 3. The number of nitrogens with zero attached hydrogens (tertiary/aromatic N) is 9. The molecule has 0 fully saturated rings. The molecule has 4 aromatic heterocycles. The van der Waals surface area contributed by atoms with Crippen molar-refractivity contribution in [2.45, 2.75) is 6.18 Å². The number of anilines is 20. The first kappa shape index (κ1) is 102. The number of carbonyl (C=O) groups excluding carboxylic acids is 4. The van der Waals surface area contributed by atoms with Crippen LogP contribution in [0.3, 0.4) is 0 Å². The predicted molar refractivity (Wildman–Crippen MR) is 536 cm³/mol. The minimum absolute atomic E-state index is 0.167. The molecule has 8 aromatic carbocycles. The number of aromatic nitrogens is 8. The average Bonchev–Trinajstić information content (AvgIpc) is 0.809. The monoisotopic (exact) mass is 1990 g/mol. The minimum Gasteiger partial charge on any atom is -0.495 e. The third-order valence-electron chi connectivity index (χ3n) is 18.3. The van der Waals surface area contributed by atoms with Gasteiger partial charge in [0.25, 0.3) is 0 Å². The highest BCUT2D eigenvalue weighted by Gasteiger charge is 2.36. The topological polar surface area (TPSA) is 445 Å². The fourth-order valence-corrected chi connectivity index (χ4v) is 17.1. The van der Waals surface area contributed by atoms with Crippen molar-refractivity contribution in [3.63, 3.8) is 0 Å². The van der Waals surface area contributed by atoms with Gasteiger partial charge in [-0.25, -0.2) is 19.9 Å². The van der Waals surface area contributed by atoms with E-state index in [1.54, 1.807) is 170 Å². The zero-order valence-corrected chi connectivity index (χ0v) is 79.9. The van der Waals surface area contributed by atoms with E-state index in [1.807, 2.05) is 60.7 Å². The molecule has 0 unspecified atom stereocenters. The molecule has 0 radical (unpaired) electrons. The number of halogens is 4. The first-order valence-corrected chi connectivity index (χ1v) is 51.0. The van der Waals surface area contributed by atoms with Crippen LogP contribution in [0.25, 0.3) is 6.08 Å². The van der Waals surface area contributed by atoms with Crippen LogP contribution in [0.1, 0.15) is 16.7 Å². The molecule has 33 nitrogen and oxygen atoms in total. The van der Waals surface area contributed by atoms with Crippen molar-refractivity contribution in [2.75, 3.05) is 146 Å². The molecule has 0 aliphatic carbocycles. The molecule has 0 atom stereocenters. The number of amides is 4. The highest BCUT2D eigenvalue weighted by molar-refractivity contribution is 14.1. The molecule has 0 aliphatic rings. The van der Waals surface area contributed by atoms with Gasteiger partial charge in [0, 0.05) is 68.1 Å². The summed E-state index contributed by atoms with van der Waals surface area (Å²) in [5.41, 5.74) is 6.03. The standard InChI is InChI=1S/C24H26N5O3P.C23H23F3N5O3P.C23H23N6O3P.C22H23IN5O3P/c1-6-16-15-25-24(28-19-14-17(26-22(30)7-2)12-13-20(19)32-3)29-23(16)27-18-10-8-9-11-21(18)33(4,5)31;1-5-20(32)28-14-10-11-18(34-2)17(12-14)30-22-27-13-15(23(24,25)26)21(31-22)29-16-8-6-7-9-19(16)35(3,4)33;1-5-21(30)26-16-10-11-19(32-2)18(12-16)28-23-25-14-15(13-24)22(29-23)27-17-8-6-7-9-20(17)33(3,4)31;1-5-20(29)25-14-10-11-18(31-2)17(12-14)27-22-24-13-15(23)21(28-22)26-16-8-6-7-9-19(16)32(3,4)30/h6-15H,1-2H2,3-5H3,(H,26,30)(H2,25,27,28,29);5-13H,1H2,2-4H3,(H,28,32)(H2,27,29,30,31);5-12,14H,1H2,2-4H3,(H,26,30)(H2,25,27,28,29);5-13H,1H2,2-4H3,(H,25,29)(H2,24,26,27,28). The fourth-order valence-electron chi connectivity index (χ4n) is 12.1. The van der Waals surface area contributed by atoms with Crippen molar-refractivity contribution < 1.29 is 69.6 Å². The smallest absolute Gasteiger partial charge is 0.421 e. The Bertz CT molecular complexity index is 6640. The number of rotatable bonds is 33. The van der Waals surface area contributed by atoms with Gasteiger partial charge in [-0.15, -0.1) is 0 Å². The highest BCUT2D eigenvalue weighted by Crippen LogP contribution is 2.45. The van der Waals surface area contributed by atoms with Crippen molar-refractivity contribution in [3.8, 4) is 29.1 Å². The summed E-state index contributed by atoms with van der Waals surface area (Å²) >= 11 is 2.14. The molecule has 0 spiro atoms. The first-order chi connectivity index (χ1) is 63.1. The Morgan fingerprint density at radius 2 is 0.639 bits per heavy atom. The largest absolute Gasteiger partial charge is 0.495 e. The zero-order valence-electron chi connectivity index (χ0n) is 74.1. The summed E-state index contributed by atoms with van der Waals surface area (Å²) in [6.45, 7) is 30.9. The maximum atomic E-state index is 13.7. The third kappa shape index (κ3) is 29.1. The zero-order chi connectivity index (χ0) is 97.1. The van der Waals surface area contributed by atoms with E-state index in [0.29, 0.717) is 126 Å². The Labute approximate surface area is 780 Å². The summed E-state index contributed by atoms with van der Waals surface area (Å²) in [6.07, 6.45) is 6.87. The van der Waals surface area contributed by atoms with Gasteiger partial charge < -0.3 is 101 Å². The normalized spacial score (nSPS) is 10.9. The van der Waals surface area contributed by atoms with Crippen LogP contribution >= 0.6 is 51.2 Å². The second kappa shape index (κ2) is 46.1. The maximum absolute atomic E-state index is 13.7. The van der Waals surface area contributed by atoms with Crippen molar-refractivity contribution >= 4 is 217 Å². The molecule has 0 aliphatic heterocycles. The van der Waals surface area contributed by atoms with Crippen molar-refractivity contribution in [1.29, 1.82) is 5.26 Å². The number of methoxy groups -OCH3 is 4. The van der Waals surface area contributed by atoms with Crippen LogP contribution in [0.2, 0.25) is 0 Å². The first-order valence-electron chi connectivity index (χ1n) is 39.6. The van der Waals surface area contributed by atoms with Gasteiger partial charge in [0.15, 0.2) is 5.82 Å². The molecular formula is C92H95F3IN21O12P4. The molecule has 4 amide bonds. The van der Waals surface area contributed by atoms with Gasteiger partial charge in [0.1, 0.15) is 86.2 Å². The van der Waals surface area contributed by atoms with E-state index >= 15 is 0 Å². The van der Waals surface area contributed by atoms with Crippen molar-refractivity contribution in [1.82, 2.24) is 39.9 Å². The second-order valence-corrected chi connectivity index (χ2v) is 43.4. The van der Waals surface area contributed by atoms with Crippen LogP contribution in [0, 0.1) is 14.9 Å². The SMILES string of the molecule is C=CC(=O)Nc1ccc(OC)c(Nc2ncc(C#N)c(Nc3ccccc3P(C)(C)=O)n2)c1.C=CC(=O)Nc1ccc(OC)c(Nc2ncc(C(F)(F)F)c(Nc3ccccc3P(C)(C)=O)n2)c1.C=CC(=O)Nc1ccc(OC)c(Nc2ncc(C=C)c(Nc3ccccc3P(C)(C)=O)n2)c1.C=CC(=O)Nc1ccc(OC)c(Nc2ncc(I)c(Nc3ccccc3P(C)(C)=O)n2)c1. The molecule has 12 aromatic rings. The minimum atomic E-state index is -4.75. The van der Waals surface area contributed by atoms with Crippen LogP contribution in [-0.4, -0.2) is 145 Å². The fraction of sp³-hybridized carbons (Fsp3) is 0.141. The van der Waals surface area contributed by atoms with Crippen LogP contribution in [0.4, 0.5) is 128 Å². The molecular weight excluding hydrogens is 1900 g/mol. The van der Waals surface area contributed by atoms with Gasteiger partial charge in [0.2, 0.25) is 47.4 Å². The van der Waals surface area contributed by atoms with Gasteiger partial charge in [-0.2, -0.15) is 38.4 Å². The number of para-hydroxylation sites is 4. The number of hydrogen-bond donors (Lipinski definition) is 12. The van der Waals surface area contributed by atoms with Gasteiger partial charge >= 0.3 is 6.18 Å². The van der Waals surface area contributed by atoms with Gasteiger partial charge in [0.05, 0.1) is 83.7 Å². The van der Waals surface area contributed by atoms with E-state index in [0.717, 1.165) is 25.9 Å². The number of hydrogen-bond acceptors (Lipinski definition) is 29. The molecule has 133 heavy (non-hydrogen) atoms. The Balaban J connectivity index is 0.000000199. The molecule has 4 heterocycles. The lowest BCUT2D eigenvalue weighted by Crippen LogP contribution is -2.16. The molecule has 12 rings (SSSR count). The summed E-state index contributed by atoms with van der Waals surface area (Å²) in [5.74, 6) is 1.94. The molecule has 41 heteroatoms. The van der Waals surface area contributed by atoms with E-state index < -0.39 is 52.0 Å². The van der Waals surface area contributed by atoms with Crippen LogP contribution < -0.4 is 104 Å². The third-order valence-corrected chi connectivity index (χ3v) is 25.3. The van der Waals surface area contributed by atoms with Crippen molar-refractivity contribution in [2.24, 2.45) is 0 Å². The van der Waals surface area contributed by atoms with E-state index in [9.17, 15) is 55.9 Å². The number of nitriles is 1. The molecule has 688 valence electrons. The number of nitrogens with one attached hydrogen (secondary N) is 12. The molecule has 0 saturated carbocycles. The van der Waals surface area contributed by atoms with E-state index in [1.165, 1.54) is 64.1 Å². The lowest BCUT2D eigenvalue weighted by molar-refractivity contribution is -0.137. The van der Waals surface area contributed by atoms with Crippen LogP contribution in [0.5, 0.6) is 23.0 Å². The Hall–Kier alpha value is -14.8. The molecule has 0 bridgehead atoms. The summed E-state index contributed by atoms with van der Waals surface area (Å²) < 4.78 is 114. The van der Waals surface area contributed by atoms with Crippen molar-refractivity contribution in [3.05, 3.63) is 272 Å².